The Bertz CT molecular complexity index is 439. The molecule has 1 aliphatic carbocycles. The molecule has 0 spiro atoms. The maximum Gasteiger partial charge on any atom is 0.191 e. The van der Waals surface area contributed by atoms with Crippen LogP contribution in [0.3, 0.4) is 0 Å². The van der Waals surface area contributed by atoms with Crippen molar-refractivity contribution in [3.63, 3.8) is 0 Å². The molecule has 1 aromatic rings. The number of likely N-dealkylation sites (N-methyl/N-ethyl adjacent to an activating group) is 1. The molecule has 0 aromatic heterocycles. The number of nitrogens with one attached hydrogen (secondary N) is 2. The lowest BCUT2D eigenvalue weighted by Gasteiger charge is -2.25. The van der Waals surface area contributed by atoms with Crippen molar-refractivity contribution in [2.24, 2.45) is 4.99 Å². The molecule has 21 heavy (non-hydrogen) atoms. The number of hydrogen-bond donors (Lipinski definition) is 2. The van der Waals surface area contributed by atoms with Crippen LogP contribution in [0.5, 0.6) is 0 Å². The molecule has 2 rings (SSSR count). The first-order chi connectivity index (χ1) is 10.2. The van der Waals surface area contributed by atoms with E-state index in [0.29, 0.717) is 6.04 Å². The van der Waals surface area contributed by atoms with Gasteiger partial charge in [-0.05, 0) is 38.8 Å². The highest BCUT2D eigenvalue weighted by Gasteiger charge is 2.28. The van der Waals surface area contributed by atoms with Crippen LogP contribution < -0.4 is 10.6 Å². The molecule has 1 aliphatic rings. The van der Waals surface area contributed by atoms with Crippen molar-refractivity contribution in [2.45, 2.75) is 38.3 Å². The van der Waals surface area contributed by atoms with Crippen LogP contribution in [0.25, 0.3) is 0 Å². The van der Waals surface area contributed by atoms with E-state index in [2.05, 4.69) is 64.8 Å². The van der Waals surface area contributed by atoms with Crippen LogP contribution in [0.1, 0.15) is 25.3 Å². The van der Waals surface area contributed by atoms with Crippen LogP contribution >= 0.6 is 0 Å². The Morgan fingerprint density at radius 2 is 2.00 bits per heavy atom. The standard InChI is InChI=1S/C17H28N4/c1-14(21(3)16-9-10-16)13-20-17(18-2)19-12-11-15-7-5-4-6-8-15/h4-8,14,16H,9-13H2,1-3H3,(H2,18,19,20). The second-order valence-corrected chi connectivity index (χ2v) is 5.86. The van der Waals surface area contributed by atoms with Crippen LogP contribution in [0.2, 0.25) is 0 Å². The van der Waals surface area contributed by atoms with Gasteiger partial charge in [0.15, 0.2) is 5.96 Å². The number of hydrogen-bond acceptors (Lipinski definition) is 2. The summed E-state index contributed by atoms with van der Waals surface area (Å²) in [6, 6.07) is 11.9. The lowest BCUT2D eigenvalue weighted by molar-refractivity contribution is 0.247. The van der Waals surface area contributed by atoms with E-state index in [4.69, 9.17) is 0 Å². The molecule has 0 heterocycles. The van der Waals surface area contributed by atoms with E-state index in [9.17, 15) is 0 Å². The van der Waals surface area contributed by atoms with Gasteiger partial charge in [0.1, 0.15) is 0 Å². The zero-order valence-electron chi connectivity index (χ0n) is 13.5. The van der Waals surface area contributed by atoms with Gasteiger partial charge in [-0.15, -0.1) is 0 Å². The molecule has 116 valence electrons. The summed E-state index contributed by atoms with van der Waals surface area (Å²) in [6.07, 6.45) is 3.72. The van der Waals surface area contributed by atoms with E-state index in [1.165, 1.54) is 18.4 Å². The Balaban J connectivity index is 1.66. The minimum Gasteiger partial charge on any atom is -0.356 e. The third kappa shape index (κ3) is 5.38. The largest absolute Gasteiger partial charge is 0.356 e. The molecular formula is C17H28N4. The smallest absolute Gasteiger partial charge is 0.191 e. The van der Waals surface area contributed by atoms with Gasteiger partial charge in [-0.1, -0.05) is 30.3 Å². The molecule has 1 saturated carbocycles. The first-order valence-corrected chi connectivity index (χ1v) is 7.91. The minimum absolute atomic E-state index is 0.533. The third-order valence-corrected chi connectivity index (χ3v) is 4.16. The van der Waals surface area contributed by atoms with Gasteiger partial charge in [-0.25, -0.2) is 0 Å². The van der Waals surface area contributed by atoms with Crippen molar-refractivity contribution in [3.05, 3.63) is 35.9 Å². The summed E-state index contributed by atoms with van der Waals surface area (Å²) in [4.78, 5) is 6.75. The fourth-order valence-corrected chi connectivity index (χ4v) is 2.42. The maximum atomic E-state index is 4.29. The molecule has 1 aromatic carbocycles. The molecule has 1 atom stereocenters. The number of aliphatic imine (C=N–C) groups is 1. The molecular weight excluding hydrogens is 260 g/mol. The van der Waals surface area contributed by atoms with Gasteiger partial charge in [0.2, 0.25) is 0 Å². The van der Waals surface area contributed by atoms with E-state index in [1.54, 1.807) is 0 Å². The second-order valence-electron chi connectivity index (χ2n) is 5.86. The molecule has 1 unspecified atom stereocenters. The number of nitrogens with zero attached hydrogens (tertiary/aromatic N) is 2. The lowest BCUT2D eigenvalue weighted by Crippen LogP contribution is -2.45. The molecule has 0 radical (unpaired) electrons. The summed E-state index contributed by atoms with van der Waals surface area (Å²) in [5, 5.41) is 6.79. The van der Waals surface area contributed by atoms with Crippen molar-refractivity contribution in [1.29, 1.82) is 0 Å². The van der Waals surface area contributed by atoms with Crippen molar-refractivity contribution < 1.29 is 0 Å². The molecule has 0 amide bonds. The Kier molecular flexibility index (Phi) is 6.05. The molecule has 0 bridgehead atoms. The summed E-state index contributed by atoms with van der Waals surface area (Å²) in [5.74, 6) is 0.891. The highest BCUT2D eigenvalue weighted by atomic mass is 15.2. The zero-order valence-corrected chi connectivity index (χ0v) is 13.5. The Hall–Kier alpha value is -1.55. The van der Waals surface area contributed by atoms with Gasteiger partial charge in [0.05, 0.1) is 0 Å². The fraction of sp³-hybridized carbons (Fsp3) is 0.588. The highest BCUT2D eigenvalue weighted by molar-refractivity contribution is 5.79. The summed E-state index contributed by atoms with van der Waals surface area (Å²) in [6.45, 7) is 4.09. The predicted molar refractivity (Wildman–Crippen MR) is 89.8 cm³/mol. The van der Waals surface area contributed by atoms with Crippen molar-refractivity contribution in [3.8, 4) is 0 Å². The normalized spacial score (nSPS) is 16.9. The minimum atomic E-state index is 0.533. The SMILES string of the molecule is CN=C(NCCc1ccccc1)NCC(C)N(C)C1CC1. The van der Waals surface area contributed by atoms with E-state index in [-0.39, 0.29) is 0 Å². The molecule has 0 aliphatic heterocycles. The van der Waals surface area contributed by atoms with Crippen LogP contribution in [0.15, 0.2) is 35.3 Å². The topological polar surface area (TPSA) is 39.7 Å². The van der Waals surface area contributed by atoms with Crippen molar-refractivity contribution >= 4 is 5.96 Å². The lowest BCUT2D eigenvalue weighted by atomic mass is 10.1. The first kappa shape index (κ1) is 15.8. The maximum absolute atomic E-state index is 4.29. The zero-order chi connectivity index (χ0) is 15.1. The Morgan fingerprint density at radius 3 is 2.62 bits per heavy atom. The van der Waals surface area contributed by atoms with Crippen LogP contribution in [0.4, 0.5) is 0 Å². The molecule has 2 N–H and O–H groups in total. The van der Waals surface area contributed by atoms with Gasteiger partial charge < -0.3 is 10.6 Å². The van der Waals surface area contributed by atoms with Gasteiger partial charge in [0, 0.05) is 32.2 Å². The van der Waals surface area contributed by atoms with Crippen molar-refractivity contribution in [1.82, 2.24) is 15.5 Å². The molecule has 4 nitrogen and oxygen atoms in total. The van der Waals surface area contributed by atoms with E-state index < -0.39 is 0 Å². The Morgan fingerprint density at radius 1 is 1.29 bits per heavy atom. The quantitative estimate of drug-likeness (QED) is 0.594. The van der Waals surface area contributed by atoms with E-state index in [0.717, 1.165) is 31.5 Å². The van der Waals surface area contributed by atoms with E-state index >= 15 is 0 Å². The number of rotatable bonds is 7. The van der Waals surface area contributed by atoms with Gasteiger partial charge >= 0.3 is 0 Å². The molecule has 1 fully saturated rings. The van der Waals surface area contributed by atoms with Crippen LogP contribution in [0, 0.1) is 0 Å². The summed E-state index contributed by atoms with van der Waals surface area (Å²) in [5.41, 5.74) is 1.35. The summed E-state index contributed by atoms with van der Waals surface area (Å²) in [7, 11) is 4.04. The average Bonchev–Trinajstić information content (AvgIpc) is 3.35. The summed E-state index contributed by atoms with van der Waals surface area (Å²) < 4.78 is 0. The van der Waals surface area contributed by atoms with Gasteiger partial charge in [0.25, 0.3) is 0 Å². The van der Waals surface area contributed by atoms with Gasteiger partial charge in [-0.3, -0.25) is 9.89 Å². The average molecular weight is 288 g/mol. The second kappa shape index (κ2) is 8.03. The van der Waals surface area contributed by atoms with Crippen molar-refractivity contribution in [2.75, 3.05) is 27.2 Å². The van der Waals surface area contributed by atoms with E-state index in [1.807, 2.05) is 7.05 Å². The highest BCUT2D eigenvalue weighted by Crippen LogP contribution is 2.26. The first-order valence-electron chi connectivity index (χ1n) is 7.91. The van der Waals surface area contributed by atoms with Gasteiger partial charge in [-0.2, -0.15) is 0 Å². The summed E-state index contributed by atoms with van der Waals surface area (Å²) >= 11 is 0. The third-order valence-electron chi connectivity index (χ3n) is 4.16. The molecule has 4 heteroatoms. The van der Waals surface area contributed by atoms with Crippen LogP contribution in [-0.2, 0) is 6.42 Å². The predicted octanol–water partition coefficient (Wildman–Crippen LogP) is 1.88. The van der Waals surface area contributed by atoms with Crippen LogP contribution in [-0.4, -0.2) is 50.1 Å². The number of guanidine groups is 1. The number of benzene rings is 1. The monoisotopic (exact) mass is 288 g/mol. The molecule has 0 saturated heterocycles. The Labute approximate surface area is 128 Å². The fourth-order valence-electron chi connectivity index (χ4n) is 2.42.